The molecular formula is C9H15N5O. The van der Waals surface area contributed by atoms with Gasteiger partial charge in [0.05, 0.1) is 0 Å². The normalized spacial score (nSPS) is 21.7. The van der Waals surface area contributed by atoms with Crippen molar-refractivity contribution in [3.63, 3.8) is 0 Å². The number of carbonyl (C=O) groups is 1. The van der Waals surface area contributed by atoms with Gasteiger partial charge in [0, 0.05) is 12.6 Å². The number of amides is 1. The van der Waals surface area contributed by atoms with E-state index >= 15 is 0 Å². The molecule has 15 heavy (non-hydrogen) atoms. The molecule has 1 aliphatic rings. The number of nitrogens with zero attached hydrogens (tertiary/aromatic N) is 5. The van der Waals surface area contributed by atoms with Crippen LogP contribution >= 0.6 is 0 Å². The Bertz CT molecular complexity index is 323. The molecule has 0 aromatic carbocycles. The molecule has 1 atom stereocenters. The molecule has 1 saturated heterocycles. The average Bonchev–Trinajstić information content (AvgIpc) is 2.71. The van der Waals surface area contributed by atoms with Crippen molar-refractivity contribution in [2.24, 2.45) is 0 Å². The quantitative estimate of drug-likeness (QED) is 0.691. The van der Waals surface area contributed by atoms with Crippen molar-refractivity contribution in [3.8, 4) is 0 Å². The number of likely N-dealkylation sites (tertiary alicyclic amines) is 1. The number of aromatic nitrogens is 4. The van der Waals surface area contributed by atoms with Crippen LogP contribution in [0, 0.1) is 0 Å². The summed E-state index contributed by atoms with van der Waals surface area (Å²) in [5.41, 5.74) is 0. The van der Waals surface area contributed by atoms with Gasteiger partial charge in [0.15, 0.2) is 0 Å². The highest BCUT2D eigenvalue weighted by molar-refractivity contribution is 5.76. The molecule has 1 aromatic rings. The van der Waals surface area contributed by atoms with Crippen molar-refractivity contribution in [2.75, 3.05) is 6.54 Å². The predicted molar refractivity (Wildman–Crippen MR) is 52.8 cm³/mol. The molecular weight excluding hydrogens is 194 g/mol. The smallest absolute Gasteiger partial charge is 0.244 e. The van der Waals surface area contributed by atoms with Gasteiger partial charge in [-0.2, -0.15) is 0 Å². The van der Waals surface area contributed by atoms with E-state index in [1.165, 1.54) is 17.4 Å². The van der Waals surface area contributed by atoms with Gasteiger partial charge in [-0.05, 0) is 36.6 Å². The zero-order chi connectivity index (χ0) is 10.7. The second-order valence-electron chi connectivity index (χ2n) is 3.94. The van der Waals surface area contributed by atoms with Gasteiger partial charge in [-0.1, -0.05) is 0 Å². The van der Waals surface area contributed by atoms with Crippen LogP contribution in [0.15, 0.2) is 6.33 Å². The van der Waals surface area contributed by atoms with Crippen molar-refractivity contribution >= 4 is 5.91 Å². The summed E-state index contributed by atoms with van der Waals surface area (Å²) in [6.45, 7) is 3.20. The molecule has 0 aliphatic carbocycles. The van der Waals surface area contributed by atoms with Gasteiger partial charge >= 0.3 is 0 Å². The Morgan fingerprint density at radius 3 is 3.07 bits per heavy atom. The molecule has 0 spiro atoms. The summed E-state index contributed by atoms with van der Waals surface area (Å²) in [6.07, 6.45) is 4.88. The maximum atomic E-state index is 11.9. The van der Waals surface area contributed by atoms with E-state index in [1.807, 2.05) is 4.90 Å². The Morgan fingerprint density at radius 2 is 2.40 bits per heavy atom. The number of hydrogen-bond donors (Lipinski definition) is 0. The van der Waals surface area contributed by atoms with Crippen LogP contribution in [0.25, 0.3) is 0 Å². The van der Waals surface area contributed by atoms with Gasteiger partial charge in [0.25, 0.3) is 0 Å². The molecule has 1 amide bonds. The first-order chi connectivity index (χ1) is 7.27. The largest absolute Gasteiger partial charge is 0.338 e. The molecule has 82 valence electrons. The van der Waals surface area contributed by atoms with E-state index in [-0.39, 0.29) is 12.5 Å². The molecule has 0 bridgehead atoms. The topological polar surface area (TPSA) is 63.9 Å². The zero-order valence-electron chi connectivity index (χ0n) is 8.83. The Kier molecular flexibility index (Phi) is 2.94. The van der Waals surface area contributed by atoms with Crippen LogP contribution in [-0.2, 0) is 11.3 Å². The fourth-order valence-electron chi connectivity index (χ4n) is 1.95. The van der Waals surface area contributed by atoms with Crippen LogP contribution in [0.2, 0.25) is 0 Å². The van der Waals surface area contributed by atoms with E-state index in [0.29, 0.717) is 6.04 Å². The fraction of sp³-hybridized carbons (Fsp3) is 0.778. The van der Waals surface area contributed by atoms with E-state index in [9.17, 15) is 4.79 Å². The third-order valence-electron chi connectivity index (χ3n) is 2.81. The molecule has 0 saturated carbocycles. The lowest BCUT2D eigenvalue weighted by Gasteiger charge is -2.33. The minimum Gasteiger partial charge on any atom is -0.338 e. The van der Waals surface area contributed by atoms with Crippen LogP contribution in [0.4, 0.5) is 0 Å². The van der Waals surface area contributed by atoms with Crippen molar-refractivity contribution in [3.05, 3.63) is 6.33 Å². The van der Waals surface area contributed by atoms with Crippen molar-refractivity contribution in [2.45, 2.75) is 38.8 Å². The Balaban J connectivity index is 1.95. The predicted octanol–water partition coefficient (Wildman–Crippen LogP) is 0.0741. The van der Waals surface area contributed by atoms with Gasteiger partial charge in [-0.15, -0.1) is 5.10 Å². The summed E-state index contributed by atoms with van der Waals surface area (Å²) in [6, 6.07) is 0.350. The molecule has 0 radical (unpaired) electrons. The molecule has 2 heterocycles. The first-order valence-corrected chi connectivity index (χ1v) is 5.27. The zero-order valence-corrected chi connectivity index (χ0v) is 8.83. The lowest BCUT2D eigenvalue weighted by molar-refractivity contribution is -0.135. The van der Waals surface area contributed by atoms with E-state index in [0.717, 1.165) is 19.4 Å². The van der Waals surface area contributed by atoms with Crippen LogP contribution in [0.5, 0.6) is 0 Å². The molecule has 0 N–H and O–H groups in total. The molecule has 6 nitrogen and oxygen atoms in total. The lowest BCUT2D eigenvalue weighted by Crippen LogP contribution is -2.43. The van der Waals surface area contributed by atoms with E-state index in [2.05, 4.69) is 22.4 Å². The molecule has 0 unspecified atom stereocenters. The number of hydrogen-bond acceptors (Lipinski definition) is 4. The van der Waals surface area contributed by atoms with Crippen LogP contribution in [0.1, 0.15) is 26.2 Å². The first-order valence-electron chi connectivity index (χ1n) is 5.27. The highest BCUT2D eigenvalue weighted by Crippen LogP contribution is 2.16. The third kappa shape index (κ3) is 2.31. The summed E-state index contributed by atoms with van der Waals surface area (Å²) in [5, 5.41) is 10.7. The number of piperidine rings is 1. The standard InChI is InChI=1S/C9H15N5O/c1-8-4-2-3-5-14(8)9(15)6-13-7-10-11-12-13/h7-8H,2-6H2,1H3/t8-/m0/s1. The molecule has 1 aromatic heterocycles. The summed E-state index contributed by atoms with van der Waals surface area (Å²) >= 11 is 0. The fourth-order valence-corrected chi connectivity index (χ4v) is 1.95. The van der Waals surface area contributed by atoms with Crippen LogP contribution in [-0.4, -0.2) is 43.6 Å². The monoisotopic (exact) mass is 209 g/mol. The molecule has 2 rings (SSSR count). The number of rotatable bonds is 2. The maximum Gasteiger partial charge on any atom is 0.244 e. The minimum atomic E-state index is 0.106. The Labute approximate surface area is 88.2 Å². The molecule has 1 fully saturated rings. The highest BCUT2D eigenvalue weighted by atomic mass is 16.2. The summed E-state index contributed by atoms with van der Waals surface area (Å²) in [5.74, 6) is 0.106. The van der Waals surface area contributed by atoms with Crippen molar-refractivity contribution < 1.29 is 4.79 Å². The summed E-state index contributed by atoms with van der Waals surface area (Å²) in [4.78, 5) is 13.8. The summed E-state index contributed by atoms with van der Waals surface area (Å²) in [7, 11) is 0. The Morgan fingerprint density at radius 1 is 1.53 bits per heavy atom. The first kappa shape index (κ1) is 10.1. The number of tetrazole rings is 1. The Hall–Kier alpha value is -1.46. The van der Waals surface area contributed by atoms with Crippen LogP contribution < -0.4 is 0 Å². The SMILES string of the molecule is C[C@H]1CCCCN1C(=O)Cn1cnnn1. The third-order valence-corrected chi connectivity index (χ3v) is 2.81. The van der Waals surface area contributed by atoms with E-state index < -0.39 is 0 Å². The van der Waals surface area contributed by atoms with Crippen molar-refractivity contribution in [1.29, 1.82) is 0 Å². The summed E-state index contributed by atoms with van der Waals surface area (Å²) < 4.78 is 1.46. The van der Waals surface area contributed by atoms with Gasteiger partial charge in [0.2, 0.25) is 5.91 Å². The van der Waals surface area contributed by atoms with Crippen molar-refractivity contribution in [1.82, 2.24) is 25.1 Å². The van der Waals surface area contributed by atoms with E-state index in [1.54, 1.807) is 0 Å². The maximum absolute atomic E-state index is 11.9. The minimum absolute atomic E-state index is 0.106. The van der Waals surface area contributed by atoms with Gasteiger partial charge in [-0.3, -0.25) is 4.79 Å². The average molecular weight is 209 g/mol. The highest BCUT2D eigenvalue weighted by Gasteiger charge is 2.23. The molecule has 6 heteroatoms. The van der Waals surface area contributed by atoms with Gasteiger partial charge < -0.3 is 4.90 Å². The van der Waals surface area contributed by atoms with Crippen LogP contribution in [0.3, 0.4) is 0 Å². The molecule has 1 aliphatic heterocycles. The van der Waals surface area contributed by atoms with E-state index in [4.69, 9.17) is 0 Å². The lowest BCUT2D eigenvalue weighted by atomic mass is 10.0. The van der Waals surface area contributed by atoms with Gasteiger partial charge in [-0.25, -0.2) is 4.68 Å². The second-order valence-corrected chi connectivity index (χ2v) is 3.94. The van der Waals surface area contributed by atoms with Gasteiger partial charge in [0.1, 0.15) is 12.9 Å². The number of carbonyl (C=O) groups excluding carboxylic acids is 1. The second kappa shape index (κ2) is 4.37.